The van der Waals surface area contributed by atoms with Crippen LogP contribution in [-0.4, -0.2) is 144 Å². The molecule has 0 bridgehead atoms. The number of carboxylic acid groups (broad SMARTS) is 3. The predicted octanol–water partition coefficient (Wildman–Crippen LogP) is -4.93. The molecule has 1 heterocycles. The van der Waals surface area contributed by atoms with Crippen molar-refractivity contribution in [3.8, 4) is 0 Å². The summed E-state index contributed by atoms with van der Waals surface area (Å²) >= 11 is 0. The Kier molecular flexibility index (Phi) is 48.6. The molecule has 16 heteroatoms. The molecule has 0 radical (unpaired) electrons. The van der Waals surface area contributed by atoms with Crippen LogP contribution in [0.15, 0.2) is 36.5 Å². The van der Waals surface area contributed by atoms with Gasteiger partial charge in [-0.3, -0.25) is 4.79 Å². The van der Waals surface area contributed by atoms with Crippen molar-refractivity contribution in [1.29, 1.82) is 0 Å². The van der Waals surface area contributed by atoms with Gasteiger partial charge in [-0.15, -0.1) is 0 Å². The SMILES string of the molecule is C=C(C)C(=O)[O-].C=C(C)C(=O)[O-].C=C(C)C(=O)[O-].O=C1CCCCCO1.O=P([O-])([O-])[O-].[Ca+2].[Ca+2].[Ca+2]. The van der Waals surface area contributed by atoms with Gasteiger partial charge in [-0.2, -0.15) is 7.82 Å². The van der Waals surface area contributed by atoms with E-state index in [0.717, 1.165) is 19.3 Å². The monoisotopic (exact) mass is 584 g/mol. The van der Waals surface area contributed by atoms with Gasteiger partial charge in [-0.25, -0.2) is 0 Å². The normalized spacial score (nSPS) is 10.8. The van der Waals surface area contributed by atoms with Crippen LogP contribution in [0, 0.1) is 0 Å². The van der Waals surface area contributed by atoms with Crippen LogP contribution in [0.4, 0.5) is 0 Å². The van der Waals surface area contributed by atoms with Crippen LogP contribution in [0.1, 0.15) is 46.5 Å². The molecule has 1 saturated heterocycles. The Hall–Kier alpha value is 0.989. The number of cyclic esters (lactones) is 1. The van der Waals surface area contributed by atoms with Gasteiger partial charge in [-0.05, 0) is 56.8 Å². The molecule has 180 valence electrons. The summed E-state index contributed by atoms with van der Waals surface area (Å²) in [4.78, 5) is 64.6. The maximum atomic E-state index is 10.5. The second-order valence-corrected chi connectivity index (χ2v) is 6.58. The maximum absolute atomic E-state index is 10.5. The third-order valence-corrected chi connectivity index (χ3v) is 2.33. The summed E-state index contributed by atoms with van der Waals surface area (Å²) in [5.41, 5.74) is 0.194. The summed E-state index contributed by atoms with van der Waals surface area (Å²) in [6, 6.07) is 0. The van der Waals surface area contributed by atoms with E-state index < -0.39 is 25.7 Å². The molecule has 0 aliphatic carbocycles. The van der Waals surface area contributed by atoms with Gasteiger partial charge < -0.3 is 53.7 Å². The second kappa shape index (κ2) is 32.0. The number of hydrogen-bond acceptors (Lipinski definition) is 12. The number of hydrogen-bond donors (Lipinski definition) is 0. The van der Waals surface area contributed by atoms with Crippen LogP contribution in [0.3, 0.4) is 0 Å². The molecular weight excluding hydrogens is 559 g/mol. The third-order valence-electron chi connectivity index (χ3n) is 2.33. The number of carbonyl (C=O) groups is 4. The van der Waals surface area contributed by atoms with Gasteiger partial charge in [-0.1, -0.05) is 19.7 Å². The van der Waals surface area contributed by atoms with Crippen LogP contribution in [0.5, 0.6) is 0 Å². The molecule has 0 atom stereocenters. The number of ether oxygens (including phenoxy) is 1. The molecule has 0 aromatic heterocycles. The number of esters is 1. The molecule has 1 rings (SSSR count). The molecule has 0 saturated carbocycles. The Morgan fingerprint density at radius 2 is 0.971 bits per heavy atom. The summed E-state index contributed by atoms with van der Waals surface area (Å²) in [6.45, 7) is 14.1. The molecule has 0 spiro atoms. The summed E-state index contributed by atoms with van der Waals surface area (Å²) in [7, 11) is -5.39. The van der Waals surface area contributed by atoms with Crippen LogP contribution in [0.25, 0.3) is 0 Å². The molecule has 1 aliphatic heterocycles. The summed E-state index contributed by atoms with van der Waals surface area (Å²) in [6.07, 6.45) is 3.83. The Bertz CT molecular complexity index is 578. The number of rotatable bonds is 3. The fourth-order valence-corrected chi connectivity index (χ4v) is 0.806. The van der Waals surface area contributed by atoms with E-state index in [1.54, 1.807) is 0 Å². The average molecular weight is 585 g/mol. The molecule has 0 amide bonds. The molecule has 0 aromatic rings. The standard InChI is InChI=1S/C6H10O2.3C4H6O2.3Ca.H3O4P/c7-6-4-2-1-3-5-8-6;3*1-3(2)4(5)6;;;;1-5(2,3)4/h1-5H2;3*1H2,2H3,(H,5,6);;;;(H3,1,2,3,4)/q;;;;3*+2;/p-6. The van der Waals surface area contributed by atoms with Gasteiger partial charge in [0.25, 0.3) is 0 Å². The first-order chi connectivity index (χ1) is 13.8. The Labute approximate surface area is 288 Å². The largest absolute Gasteiger partial charge is 2.00 e. The van der Waals surface area contributed by atoms with E-state index in [4.69, 9.17) is 24.0 Å². The molecule has 1 fully saturated rings. The zero-order valence-corrected chi connectivity index (χ0v) is 27.1. The minimum atomic E-state index is -5.39. The van der Waals surface area contributed by atoms with Gasteiger partial charge >= 0.3 is 119 Å². The van der Waals surface area contributed by atoms with E-state index in [9.17, 15) is 34.5 Å². The Balaban J connectivity index is -0.0000000530. The van der Waals surface area contributed by atoms with Crippen molar-refractivity contribution in [2.45, 2.75) is 46.5 Å². The van der Waals surface area contributed by atoms with Crippen molar-refractivity contribution in [2.24, 2.45) is 0 Å². The van der Waals surface area contributed by atoms with Crippen molar-refractivity contribution < 1.29 is 58.5 Å². The Morgan fingerprint density at radius 1 is 0.735 bits per heavy atom. The Morgan fingerprint density at radius 3 is 1.18 bits per heavy atom. The van der Waals surface area contributed by atoms with Crippen LogP contribution >= 0.6 is 7.82 Å². The van der Waals surface area contributed by atoms with E-state index in [1.165, 1.54) is 20.8 Å². The molecule has 1 aliphatic rings. The third kappa shape index (κ3) is 69.8. The average Bonchev–Trinajstić information content (AvgIpc) is 2.82. The van der Waals surface area contributed by atoms with Crippen molar-refractivity contribution in [1.82, 2.24) is 0 Å². The molecular formula is C18H25Ca3O12P. The molecule has 0 unspecified atom stereocenters. The topological polar surface area (TPSA) is 233 Å². The smallest absolute Gasteiger partial charge is 0.822 e. The fourth-order valence-electron chi connectivity index (χ4n) is 0.806. The minimum Gasteiger partial charge on any atom is -0.822 e. The first kappa shape index (κ1) is 51.6. The van der Waals surface area contributed by atoms with Crippen LogP contribution < -0.4 is 30.0 Å². The quantitative estimate of drug-likeness (QED) is 0.131. The molecule has 0 aromatic carbocycles. The van der Waals surface area contributed by atoms with Gasteiger partial charge in [0.2, 0.25) is 0 Å². The van der Waals surface area contributed by atoms with E-state index in [1.807, 2.05) is 0 Å². The van der Waals surface area contributed by atoms with Crippen molar-refractivity contribution in [2.75, 3.05) is 6.61 Å². The van der Waals surface area contributed by atoms with Crippen molar-refractivity contribution >= 4 is 145 Å². The first-order valence-electron chi connectivity index (χ1n) is 8.32. The van der Waals surface area contributed by atoms with Crippen molar-refractivity contribution in [3.63, 3.8) is 0 Å². The zero-order chi connectivity index (χ0) is 25.8. The maximum Gasteiger partial charge on any atom is 2.00 e. The number of aliphatic carboxylic acids is 3. The van der Waals surface area contributed by atoms with Crippen LogP contribution in [-0.2, 0) is 28.5 Å². The van der Waals surface area contributed by atoms with Crippen molar-refractivity contribution in [3.05, 3.63) is 36.5 Å². The van der Waals surface area contributed by atoms with E-state index in [2.05, 4.69) is 19.7 Å². The summed E-state index contributed by atoms with van der Waals surface area (Å²) < 4.78 is 13.3. The molecule has 12 nitrogen and oxygen atoms in total. The van der Waals surface area contributed by atoms with Gasteiger partial charge in [0, 0.05) is 6.42 Å². The zero-order valence-electron chi connectivity index (χ0n) is 19.6. The van der Waals surface area contributed by atoms with E-state index in [-0.39, 0.29) is 136 Å². The van der Waals surface area contributed by atoms with Gasteiger partial charge in [0.15, 0.2) is 0 Å². The van der Waals surface area contributed by atoms with Gasteiger partial charge in [0.1, 0.15) is 0 Å². The molecule has 34 heavy (non-hydrogen) atoms. The summed E-state index contributed by atoms with van der Waals surface area (Å²) in [5, 5.41) is 28.5. The second-order valence-electron chi connectivity index (χ2n) is 5.68. The minimum absolute atomic E-state index is 0. The number of carbonyl (C=O) groups excluding carboxylic acids is 4. The first-order valence-corrected chi connectivity index (χ1v) is 9.78. The summed E-state index contributed by atoms with van der Waals surface area (Å²) in [5.74, 6) is -3.58. The van der Waals surface area contributed by atoms with E-state index >= 15 is 0 Å². The fraction of sp³-hybridized carbons (Fsp3) is 0.444. The van der Waals surface area contributed by atoms with Gasteiger partial charge in [0.05, 0.1) is 24.5 Å². The predicted molar refractivity (Wildman–Crippen MR) is 114 cm³/mol. The number of carboxylic acids is 3. The van der Waals surface area contributed by atoms with E-state index in [0.29, 0.717) is 13.0 Å². The van der Waals surface area contributed by atoms with Crippen LogP contribution in [0.2, 0.25) is 0 Å². The number of phosphoric acid groups is 1. The molecule has 0 N–H and O–H groups in total.